The quantitative estimate of drug-likeness (QED) is 0.527. The molecule has 5 heteroatoms. The lowest BCUT2D eigenvalue weighted by atomic mass is 10.1. The minimum atomic E-state index is -0.347. The number of esters is 1. The van der Waals surface area contributed by atoms with Crippen LogP contribution >= 0.6 is 0 Å². The van der Waals surface area contributed by atoms with Crippen molar-refractivity contribution in [1.29, 1.82) is 0 Å². The third-order valence-electron chi connectivity index (χ3n) is 4.11. The van der Waals surface area contributed by atoms with Crippen LogP contribution in [0.25, 0.3) is 22.2 Å². The summed E-state index contributed by atoms with van der Waals surface area (Å²) >= 11 is 0. The number of carbonyl (C=O) groups is 1. The molecule has 0 N–H and O–H groups in total. The molecule has 124 valence electrons. The molecule has 0 atom stereocenters. The SMILES string of the molecule is COC(=O)c1ccc(-c2c3ccccc3nn2Cc2ccco2)cc1. The summed E-state index contributed by atoms with van der Waals surface area (Å²) in [5.41, 5.74) is 3.41. The third-order valence-corrected chi connectivity index (χ3v) is 4.11. The second-order valence-corrected chi connectivity index (χ2v) is 5.67. The number of hydrogen-bond acceptors (Lipinski definition) is 4. The minimum Gasteiger partial charge on any atom is -0.467 e. The average molecular weight is 332 g/mol. The summed E-state index contributed by atoms with van der Waals surface area (Å²) in [6.45, 7) is 0.537. The molecule has 0 aliphatic heterocycles. The summed E-state index contributed by atoms with van der Waals surface area (Å²) in [7, 11) is 1.38. The topological polar surface area (TPSA) is 57.3 Å². The summed E-state index contributed by atoms with van der Waals surface area (Å²) < 4.78 is 12.2. The minimum absolute atomic E-state index is 0.347. The molecule has 4 rings (SSSR count). The van der Waals surface area contributed by atoms with Gasteiger partial charge in [0.05, 0.1) is 36.7 Å². The van der Waals surface area contributed by atoms with Crippen LogP contribution in [0.4, 0.5) is 0 Å². The summed E-state index contributed by atoms with van der Waals surface area (Å²) in [4.78, 5) is 11.6. The number of benzene rings is 2. The number of carbonyl (C=O) groups excluding carboxylic acids is 1. The van der Waals surface area contributed by atoms with Crippen LogP contribution in [-0.2, 0) is 11.3 Å². The van der Waals surface area contributed by atoms with Gasteiger partial charge in [-0.15, -0.1) is 0 Å². The number of hydrogen-bond donors (Lipinski definition) is 0. The predicted molar refractivity (Wildman–Crippen MR) is 94.3 cm³/mol. The van der Waals surface area contributed by atoms with E-state index in [1.54, 1.807) is 18.4 Å². The van der Waals surface area contributed by atoms with E-state index in [-0.39, 0.29) is 5.97 Å². The summed E-state index contributed by atoms with van der Waals surface area (Å²) in [6.07, 6.45) is 1.66. The monoisotopic (exact) mass is 332 g/mol. The highest BCUT2D eigenvalue weighted by Gasteiger charge is 2.15. The first-order chi connectivity index (χ1) is 12.3. The van der Waals surface area contributed by atoms with Crippen molar-refractivity contribution >= 4 is 16.9 Å². The molecule has 0 fully saturated rings. The molecule has 25 heavy (non-hydrogen) atoms. The molecular formula is C20H16N2O3. The van der Waals surface area contributed by atoms with E-state index in [1.807, 2.05) is 53.2 Å². The van der Waals surface area contributed by atoms with Crippen molar-refractivity contribution in [3.8, 4) is 11.3 Å². The number of aromatic nitrogens is 2. The van der Waals surface area contributed by atoms with Gasteiger partial charge in [-0.1, -0.05) is 30.3 Å². The smallest absolute Gasteiger partial charge is 0.337 e. The van der Waals surface area contributed by atoms with Crippen molar-refractivity contribution < 1.29 is 13.9 Å². The molecule has 0 aliphatic carbocycles. The van der Waals surface area contributed by atoms with Crippen molar-refractivity contribution in [1.82, 2.24) is 9.78 Å². The standard InChI is InChI=1S/C20H16N2O3/c1-24-20(23)15-10-8-14(9-11-15)19-17-6-2-3-7-18(17)21-22(19)13-16-5-4-12-25-16/h2-12H,13H2,1H3. The van der Waals surface area contributed by atoms with Gasteiger partial charge in [-0.3, -0.25) is 4.68 Å². The van der Waals surface area contributed by atoms with Gasteiger partial charge in [-0.2, -0.15) is 5.10 Å². The van der Waals surface area contributed by atoms with Crippen LogP contribution in [-0.4, -0.2) is 22.9 Å². The van der Waals surface area contributed by atoms with E-state index in [9.17, 15) is 4.79 Å². The molecule has 2 aromatic heterocycles. The number of methoxy groups -OCH3 is 1. The molecule has 4 aromatic rings. The maximum absolute atomic E-state index is 11.6. The first-order valence-electron chi connectivity index (χ1n) is 7.93. The van der Waals surface area contributed by atoms with Crippen molar-refractivity contribution in [3.05, 3.63) is 78.3 Å². The molecule has 2 heterocycles. The Labute approximate surface area is 144 Å². The zero-order chi connectivity index (χ0) is 17.2. The van der Waals surface area contributed by atoms with E-state index in [1.165, 1.54) is 7.11 Å². The fourth-order valence-electron chi connectivity index (χ4n) is 2.93. The van der Waals surface area contributed by atoms with Gasteiger partial charge in [0, 0.05) is 10.9 Å². The first-order valence-corrected chi connectivity index (χ1v) is 7.93. The molecule has 0 aliphatic rings. The van der Waals surface area contributed by atoms with Gasteiger partial charge in [0.2, 0.25) is 0 Å². The number of fused-ring (bicyclic) bond motifs is 1. The summed E-state index contributed by atoms with van der Waals surface area (Å²) in [5, 5.41) is 5.76. The number of furan rings is 1. The van der Waals surface area contributed by atoms with Gasteiger partial charge in [-0.25, -0.2) is 4.79 Å². The first kappa shape index (κ1) is 15.2. The Morgan fingerprint density at radius 3 is 2.60 bits per heavy atom. The van der Waals surface area contributed by atoms with E-state index in [0.717, 1.165) is 27.9 Å². The van der Waals surface area contributed by atoms with Gasteiger partial charge in [0.15, 0.2) is 0 Å². The van der Waals surface area contributed by atoms with Gasteiger partial charge in [0.25, 0.3) is 0 Å². The highest BCUT2D eigenvalue weighted by Crippen LogP contribution is 2.29. The summed E-state index contributed by atoms with van der Waals surface area (Å²) in [5.74, 6) is 0.487. The van der Waals surface area contributed by atoms with Crippen LogP contribution in [0.5, 0.6) is 0 Å². The van der Waals surface area contributed by atoms with Gasteiger partial charge in [-0.05, 0) is 30.3 Å². The molecule has 0 bridgehead atoms. The Morgan fingerprint density at radius 2 is 1.88 bits per heavy atom. The van der Waals surface area contributed by atoms with Crippen molar-refractivity contribution in [2.24, 2.45) is 0 Å². The molecule has 2 aromatic carbocycles. The van der Waals surface area contributed by atoms with Crippen molar-refractivity contribution in [3.63, 3.8) is 0 Å². The molecule has 5 nitrogen and oxygen atoms in total. The van der Waals surface area contributed by atoms with E-state index < -0.39 is 0 Å². The predicted octanol–water partition coefficient (Wildman–Crippen LogP) is 4.13. The van der Waals surface area contributed by atoms with Gasteiger partial charge >= 0.3 is 5.97 Å². The fourth-order valence-corrected chi connectivity index (χ4v) is 2.93. The Morgan fingerprint density at radius 1 is 1.08 bits per heavy atom. The molecule has 0 saturated heterocycles. The van der Waals surface area contributed by atoms with E-state index in [4.69, 9.17) is 14.3 Å². The van der Waals surface area contributed by atoms with Gasteiger partial charge < -0.3 is 9.15 Å². The molecule has 0 spiro atoms. The summed E-state index contributed by atoms with van der Waals surface area (Å²) in [6, 6.07) is 19.1. The second-order valence-electron chi connectivity index (χ2n) is 5.67. The zero-order valence-electron chi connectivity index (χ0n) is 13.7. The number of rotatable bonds is 4. The van der Waals surface area contributed by atoms with Crippen LogP contribution < -0.4 is 0 Å². The van der Waals surface area contributed by atoms with Crippen molar-refractivity contribution in [2.75, 3.05) is 7.11 Å². The Balaban J connectivity index is 1.83. The zero-order valence-corrected chi connectivity index (χ0v) is 13.7. The number of ether oxygens (including phenoxy) is 1. The van der Waals surface area contributed by atoms with Crippen LogP contribution in [0, 0.1) is 0 Å². The molecular weight excluding hydrogens is 316 g/mol. The van der Waals surface area contributed by atoms with E-state index in [2.05, 4.69) is 0 Å². The van der Waals surface area contributed by atoms with E-state index >= 15 is 0 Å². The molecule has 0 radical (unpaired) electrons. The lowest BCUT2D eigenvalue weighted by Gasteiger charge is -2.08. The Kier molecular flexibility index (Phi) is 3.82. The Hall–Kier alpha value is -3.34. The fraction of sp³-hybridized carbons (Fsp3) is 0.100. The Bertz CT molecular complexity index is 1010. The molecule has 0 amide bonds. The molecule has 0 saturated carbocycles. The average Bonchev–Trinajstić information content (AvgIpc) is 3.28. The normalized spacial score (nSPS) is 10.9. The van der Waals surface area contributed by atoms with Crippen LogP contribution in [0.2, 0.25) is 0 Å². The molecule has 0 unspecified atom stereocenters. The maximum atomic E-state index is 11.6. The maximum Gasteiger partial charge on any atom is 0.337 e. The highest BCUT2D eigenvalue weighted by molar-refractivity contribution is 5.94. The lowest BCUT2D eigenvalue weighted by molar-refractivity contribution is 0.0601. The third kappa shape index (κ3) is 2.80. The van der Waals surface area contributed by atoms with Crippen LogP contribution in [0.3, 0.4) is 0 Å². The largest absolute Gasteiger partial charge is 0.467 e. The van der Waals surface area contributed by atoms with Crippen molar-refractivity contribution in [2.45, 2.75) is 6.54 Å². The van der Waals surface area contributed by atoms with Crippen LogP contribution in [0.1, 0.15) is 16.1 Å². The van der Waals surface area contributed by atoms with Gasteiger partial charge in [0.1, 0.15) is 5.76 Å². The second kappa shape index (κ2) is 6.28. The van der Waals surface area contributed by atoms with E-state index in [0.29, 0.717) is 12.1 Å². The van der Waals surface area contributed by atoms with Crippen LogP contribution in [0.15, 0.2) is 71.3 Å². The lowest BCUT2D eigenvalue weighted by Crippen LogP contribution is -2.04. The highest BCUT2D eigenvalue weighted by atomic mass is 16.5. The number of nitrogens with zero attached hydrogens (tertiary/aromatic N) is 2.